The summed E-state index contributed by atoms with van der Waals surface area (Å²) in [5.41, 5.74) is -0.606. The van der Waals surface area contributed by atoms with Crippen LogP contribution in [-0.2, 0) is 14.3 Å². The molecule has 0 aromatic carbocycles. The molecule has 1 amide bonds. The molecule has 2 atom stereocenters. The van der Waals surface area contributed by atoms with Gasteiger partial charge < -0.3 is 14.8 Å². The first-order chi connectivity index (χ1) is 8.85. The van der Waals surface area contributed by atoms with Crippen LogP contribution < -0.4 is 5.32 Å². The summed E-state index contributed by atoms with van der Waals surface area (Å²) < 4.78 is 9.91. The van der Waals surface area contributed by atoms with Crippen LogP contribution in [0.25, 0.3) is 0 Å². The van der Waals surface area contributed by atoms with Crippen LogP contribution >= 0.6 is 11.8 Å². The van der Waals surface area contributed by atoms with Gasteiger partial charge in [-0.05, 0) is 20.8 Å². The molecule has 0 aliphatic carbocycles. The van der Waals surface area contributed by atoms with Gasteiger partial charge in [0.1, 0.15) is 11.6 Å². The molecule has 0 spiro atoms. The number of nitrogens with one attached hydrogen (secondary N) is 1. The van der Waals surface area contributed by atoms with E-state index in [0.717, 1.165) is 0 Å². The molecule has 0 aromatic rings. The monoisotopic (exact) mass is 305 g/mol. The Kier molecular flexibility index (Phi) is 6.87. The molecule has 0 saturated carbocycles. The number of amides is 1. The Morgan fingerprint density at radius 2 is 1.60 bits per heavy atom. The zero-order valence-corrected chi connectivity index (χ0v) is 14.5. The van der Waals surface area contributed by atoms with Gasteiger partial charge in [0.05, 0.1) is 7.11 Å². The highest BCUT2D eigenvalue weighted by Crippen LogP contribution is 2.30. The van der Waals surface area contributed by atoms with E-state index in [9.17, 15) is 9.59 Å². The number of esters is 1. The van der Waals surface area contributed by atoms with Crippen LogP contribution in [0.1, 0.15) is 48.5 Å². The summed E-state index contributed by atoms with van der Waals surface area (Å²) in [7, 11) is 1.31. The zero-order valence-electron chi connectivity index (χ0n) is 13.7. The van der Waals surface area contributed by atoms with Crippen LogP contribution in [0.2, 0.25) is 0 Å². The molecule has 0 aliphatic rings. The molecule has 20 heavy (non-hydrogen) atoms. The molecular weight excluding hydrogens is 278 g/mol. The normalized spacial score (nSPS) is 15.2. The SMILES string of the molecule is COC(=O)[C@@H](NC(=O)OC(C)(C)C)[C@H](C)SC(C)(C)C. The Labute approximate surface area is 126 Å². The number of methoxy groups -OCH3 is 1. The maximum Gasteiger partial charge on any atom is 0.408 e. The lowest BCUT2D eigenvalue weighted by Crippen LogP contribution is -2.49. The second-order valence-electron chi connectivity index (χ2n) is 6.58. The molecule has 5 nitrogen and oxygen atoms in total. The van der Waals surface area contributed by atoms with Gasteiger partial charge >= 0.3 is 12.1 Å². The summed E-state index contributed by atoms with van der Waals surface area (Å²) >= 11 is 1.60. The average molecular weight is 305 g/mol. The van der Waals surface area contributed by atoms with E-state index in [1.807, 2.05) is 6.92 Å². The number of rotatable bonds is 4. The number of carbonyl (C=O) groups is 2. The highest BCUT2D eigenvalue weighted by molar-refractivity contribution is 8.01. The Morgan fingerprint density at radius 1 is 1.10 bits per heavy atom. The van der Waals surface area contributed by atoms with E-state index >= 15 is 0 Å². The summed E-state index contributed by atoms with van der Waals surface area (Å²) in [4.78, 5) is 23.6. The van der Waals surface area contributed by atoms with Gasteiger partial charge in [-0.3, -0.25) is 0 Å². The van der Waals surface area contributed by atoms with Gasteiger partial charge in [0.25, 0.3) is 0 Å². The minimum Gasteiger partial charge on any atom is -0.467 e. The topological polar surface area (TPSA) is 64.6 Å². The number of carbonyl (C=O) groups excluding carboxylic acids is 2. The molecule has 1 N–H and O–H groups in total. The van der Waals surface area contributed by atoms with E-state index in [0.29, 0.717) is 0 Å². The lowest BCUT2D eigenvalue weighted by atomic mass is 10.2. The summed E-state index contributed by atoms with van der Waals surface area (Å²) in [6, 6.07) is -0.737. The van der Waals surface area contributed by atoms with Gasteiger partial charge in [-0.1, -0.05) is 27.7 Å². The number of hydrogen-bond donors (Lipinski definition) is 1. The molecule has 118 valence electrons. The maximum atomic E-state index is 11.8. The lowest BCUT2D eigenvalue weighted by molar-refractivity contribution is -0.143. The van der Waals surface area contributed by atoms with Gasteiger partial charge in [-0.15, -0.1) is 0 Å². The molecule has 0 unspecified atom stereocenters. The first-order valence-electron chi connectivity index (χ1n) is 6.61. The summed E-state index contributed by atoms with van der Waals surface area (Å²) in [5.74, 6) is -0.472. The van der Waals surface area contributed by atoms with E-state index in [2.05, 4.69) is 26.1 Å². The van der Waals surface area contributed by atoms with Crippen molar-refractivity contribution in [1.82, 2.24) is 5.32 Å². The number of thioether (sulfide) groups is 1. The largest absolute Gasteiger partial charge is 0.467 e. The van der Waals surface area contributed by atoms with Crippen molar-refractivity contribution in [2.45, 2.75) is 70.1 Å². The smallest absolute Gasteiger partial charge is 0.408 e. The van der Waals surface area contributed by atoms with Gasteiger partial charge in [0, 0.05) is 10.00 Å². The quantitative estimate of drug-likeness (QED) is 0.809. The second-order valence-corrected chi connectivity index (χ2v) is 8.79. The Balaban J connectivity index is 4.82. The highest BCUT2D eigenvalue weighted by Gasteiger charge is 2.32. The minimum absolute atomic E-state index is 0.0265. The molecule has 0 aromatic heterocycles. The van der Waals surface area contributed by atoms with Gasteiger partial charge in [-0.2, -0.15) is 11.8 Å². The van der Waals surface area contributed by atoms with Crippen molar-refractivity contribution in [1.29, 1.82) is 0 Å². The van der Waals surface area contributed by atoms with Crippen LogP contribution in [-0.4, -0.2) is 40.8 Å². The highest BCUT2D eigenvalue weighted by atomic mass is 32.2. The molecule has 0 heterocycles. The van der Waals surface area contributed by atoms with Crippen molar-refractivity contribution in [3.05, 3.63) is 0 Å². The predicted molar refractivity (Wildman–Crippen MR) is 82.0 cm³/mol. The minimum atomic E-state index is -0.737. The molecule has 0 rings (SSSR count). The van der Waals surface area contributed by atoms with Crippen LogP contribution in [0.4, 0.5) is 4.79 Å². The fourth-order valence-electron chi connectivity index (χ4n) is 1.56. The zero-order chi connectivity index (χ0) is 16.1. The van der Waals surface area contributed by atoms with E-state index in [1.54, 1.807) is 32.5 Å². The number of alkyl carbamates (subject to hydrolysis) is 1. The molecular formula is C14H27NO4S. The van der Waals surface area contributed by atoms with Gasteiger partial charge in [0.15, 0.2) is 0 Å². The predicted octanol–water partition coefficient (Wildman–Crippen LogP) is 2.97. The van der Waals surface area contributed by atoms with Crippen molar-refractivity contribution < 1.29 is 19.1 Å². The first-order valence-corrected chi connectivity index (χ1v) is 7.49. The first kappa shape index (κ1) is 19.1. The Morgan fingerprint density at radius 3 is 1.95 bits per heavy atom. The fraction of sp³-hybridized carbons (Fsp3) is 0.857. The lowest BCUT2D eigenvalue weighted by Gasteiger charge is -2.29. The van der Waals surface area contributed by atoms with Crippen molar-refractivity contribution in [2.24, 2.45) is 0 Å². The van der Waals surface area contributed by atoms with E-state index in [4.69, 9.17) is 9.47 Å². The third-order valence-electron chi connectivity index (χ3n) is 2.14. The van der Waals surface area contributed by atoms with Crippen molar-refractivity contribution >= 4 is 23.8 Å². The van der Waals surface area contributed by atoms with Crippen molar-refractivity contribution in [3.8, 4) is 0 Å². The maximum absolute atomic E-state index is 11.8. The molecule has 0 fully saturated rings. The van der Waals surface area contributed by atoms with Crippen LogP contribution in [0.3, 0.4) is 0 Å². The van der Waals surface area contributed by atoms with Gasteiger partial charge in [-0.25, -0.2) is 9.59 Å². The summed E-state index contributed by atoms with van der Waals surface area (Å²) in [6.45, 7) is 13.4. The van der Waals surface area contributed by atoms with Crippen LogP contribution in [0.15, 0.2) is 0 Å². The molecule has 6 heteroatoms. The van der Waals surface area contributed by atoms with Crippen molar-refractivity contribution in [2.75, 3.05) is 7.11 Å². The third-order valence-corrected chi connectivity index (χ3v) is 3.49. The van der Waals surface area contributed by atoms with Crippen LogP contribution in [0.5, 0.6) is 0 Å². The van der Waals surface area contributed by atoms with E-state index in [1.165, 1.54) is 7.11 Å². The van der Waals surface area contributed by atoms with Crippen LogP contribution in [0, 0.1) is 0 Å². The molecule has 0 aliphatic heterocycles. The standard InChI is InChI=1S/C14H27NO4S/c1-9(20-14(5,6)7)10(11(16)18-8)15-12(17)19-13(2,3)4/h9-10H,1-8H3,(H,15,17)/t9-,10-/m0/s1. The Hall–Kier alpha value is -0.910. The van der Waals surface area contributed by atoms with E-state index < -0.39 is 23.7 Å². The van der Waals surface area contributed by atoms with E-state index in [-0.39, 0.29) is 10.00 Å². The fourth-order valence-corrected chi connectivity index (χ4v) is 2.99. The molecule has 0 bridgehead atoms. The molecule has 0 radical (unpaired) electrons. The Bertz CT molecular complexity index is 344. The summed E-state index contributed by atoms with van der Waals surface area (Å²) in [5, 5.41) is 2.46. The third kappa shape index (κ3) is 8.30. The average Bonchev–Trinajstić information content (AvgIpc) is 2.19. The number of hydrogen-bond acceptors (Lipinski definition) is 5. The summed E-state index contributed by atoms with van der Waals surface area (Å²) in [6.07, 6.45) is -0.616. The van der Waals surface area contributed by atoms with Gasteiger partial charge in [0.2, 0.25) is 0 Å². The number of ether oxygens (including phenoxy) is 2. The second kappa shape index (κ2) is 7.20. The van der Waals surface area contributed by atoms with Crippen molar-refractivity contribution in [3.63, 3.8) is 0 Å². The molecule has 0 saturated heterocycles.